The second-order valence-electron chi connectivity index (χ2n) is 5.22. The van der Waals surface area contributed by atoms with Gasteiger partial charge in [-0.1, -0.05) is 18.2 Å². The van der Waals surface area contributed by atoms with Crippen molar-refractivity contribution in [2.24, 2.45) is 0 Å². The number of halogens is 1. The number of aromatic nitrogens is 3. The molecule has 5 nitrogen and oxygen atoms in total. The summed E-state index contributed by atoms with van der Waals surface area (Å²) in [5.41, 5.74) is 4.77. The van der Waals surface area contributed by atoms with Gasteiger partial charge in [-0.15, -0.1) is 12.4 Å². The molecular formula is C17H14ClN3O2. The second kappa shape index (κ2) is 5.44. The summed E-state index contributed by atoms with van der Waals surface area (Å²) in [6.45, 7) is 1.76. The Morgan fingerprint density at radius 2 is 1.65 bits per heavy atom. The average molecular weight is 328 g/mol. The van der Waals surface area contributed by atoms with E-state index in [1.165, 1.54) is 0 Å². The second-order valence-corrected chi connectivity index (χ2v) is 5.22. The third-order valence-electron chi connectivity index (χ3n) is 3.78. The fourth-order valence-electron chi connectivity index (χ4n) is 2.64. The Hall–Kier alpha value is -2.79. The summed E-state index contributed by atoms with van der Waals surface area (Å²) in [7, 11) is 0. The van der Waals surface area contributed by atoms with Gasteiger partial charge in [-0.3, -0.25) is 9.38 Å². The number of hydrogen-bond donors (Lipinski definition) is 2. The van der Waals surface area contributed by atoms with Gasteiger partial charge in [-0.2, -0.15) is 0 Å². The summed E-state index contributed by atoms with van der Waals surface area (Å²) in [4.78, 5) is 8.70. The first kappa shape index (κ1) is 15.1. The lowest BCUT2D eigenvalue weighted by Crippen LogP contribution is -1.91. The molecule has 0 amide bonds. The number of benzene rings is 2. The minimum Gasteiger partial charge on any atom is -0.508 e. The van der Waals surface area contributed by atoms with E-state index in [1.54, 1.807) is 29.7 Å². The van der Waals surface area contributed by atoms with Crippen LogP contribution in [0.25, 0.3) is 27.8 Å². The maximum Gasteiger partial charge on any atom is 0.219 e. The zero-order chi connectivity index (χ0) is 15.3. The number of nitrogens with zero attached hydrogens (tertiary/aromatic N) is 3. The lowest BCUT2D eigenvalue weighted by Gasteiger charge is -2.06. The largest absolute Gasteiger partial charge is 0.508 e. The molecule has 0 bridgehead atoms. The van der Waals surface area contributed by atoms with Crippen LogP contribution in [0, 0.1) is 6.92 Å². The molecule has 0 aliphatic carbocycles. The van der Waals surface area contributed by atoms with Crippen LogP contribution in [0.15, 0.2) is 48.7 Å². The van der Waals surface area contributed by atoms with E-state index in [2.05, 4.69) is 9.97 Å². The number of rotatable bonds is 1. The summed E-state index contributed by atoms with van der Waals surface area (Å²) in [6, 6.07) is 12.9. The first-order valence-corrected chi connectivity index (χ1v) is 6.90. The first-order chi connectivity index (χ1) is 10.6. The summed E-state index contributed by atoms with van der Waals surface area (Å²) >= 11 is 0. The zero-order valence-corrected chi connectivity index (χ0v) is 13.1. The van der Waals surface area contributed by atoms with E-state index in [0.29, 0.717) is 11.3 Å². The van der Waals surface area contributed by atoms with E-state index in [1.807, 2.05) is 30.3 Å². The molecule has 4 aromatic rings. The van der Waals surface area contributed by atoms with Crippen LogP contribution >= 0.6 is 12.4 Å². The predicted octanol–water partition coefficient (Wildman–Crippen LogP) is 3.69. The van der Waals surface area contributed by atoms with E-state index in [9.17, 15) is 10.2 Å². The molecule has 4 rings (SSSR count). The Morgan fingerprint density at radius 1 is 0.957 bits per heavy atom. The maximum atomic E-state index is 10.2. The van der Waals surface area contributed by atoms with Crippen molar-refractivity contribution in [3.8, 4) is 22.8 Å². The smallest absolute Gasteiger partial charge is 0.219 e. The first-order valence-electron chi connectivity index (χ1n) is 6.90. The van der Waals surface area contributed by atoms with Crippen molar-refractivity contribution in [2.45, 2.75) is 6.92 Å². The summed E-state index contributed by atoms with van der Waals surface area (Å²) < 4.78 is 1.69. The minimum absolute atomic E-state index is 0. The zero-order valence-electron chi connectivity index (χ0n) is 12.3. The number of phenolic OH excluding ortho intramolecular Hbond substituents is 1. The Bertz CT molecular complexity index is 1010. The molecule has 0 aliphatic rings. The molecule has 2 aromatic carbocycles. The van der Waals surface area contributed by atoms with Gasteiger partial charge in [0.05, 0.1) is 17.2 Å². The molecular weight excluding hydrogens is 314 g/mol. The molecule has 0 aliphatic heterocycles. The highest BCUT2D eigenvalue weighted by molar-refractivity contribution is 5.85. The lowest BCUT2D eigenvalue weighted by molar-refractivity contribution is 0.446. The van der Waals surface area contributed by atoms with Gasteiger partial charge in [-0.25, -0.2) is 4.98 Å². The van der Waals surface area contributed by atoms with Crippen molar-refractivity contribution in [1.29, 1.82) is 0 Å². The monoisotopic (exact) mass is 327 g/mol. The third kappa shape index (κ3) is 2.35. The van der Waals surface area contributed by atoms with Gasteiger partial charge in [0.25, 0.3) is 0 Å². The van der Waals surface area contributed by atoms with E-state index < -0.39 is 0 Å². The number of phenols is 1. The Morgan fingerprint density at radius 3 is 2.39 bits per heavy atom. The number of fused-ring (bicyclic) bond motifs is 3. The van der Waals surface area contributed by atoms with Gasteiger partial charge in [0.1, 0.15) is 11.4 Å². The molecule has 0 unspecified atom stereocenters. The van der Waals surface area contributed by atoms with Crippen LogP contribution in [-0.4, -0.2) is 24.6 Å². The topological polar surface area (TPSA) is 70.7 Å². The third-order valence-corrected chi connectivity index (χ3v) is 3.78. The average Bonchev–Trinajstić information content (AvgIpc) is 2.83. The lowest BCUT2D eigenvalue weighted by atomic mass is 10.0. The highest BCUT2D eigenvalue weighted by atomic mass is 35.5. The number of aryl methyl sites for hydroxylation is 1. The van der Waals surface area contributed by atoms with E-state index in [0.717, 1.165) is 22.2 Å². The molecule has 0 atom stereocenters. The SMILES string of the molecule is Cc1nc2cnc3cc(-c4ccc(O)cc4)ccc3n2c1O.Cl. The van der Waals surface area contributed by atoms with Crippen LogP contribution in [0.4, 0.5) is 0 Å². The molecule has 2 aromatic heterocycles. The molecule has 23 heavy (non-hydrogen) atoms. The van der Waals surface area contributed by atoms with Crippen LogP contribution in [-0.2, 0) is 0 Å². The van der Waals surface area contributed by atoms with Crippen LogP contribution < -0.4 is 0 Å². The summed E-state index contributed by atoms with van der Waals surface area (Å²) in [6.07, 6.45) is 1.65. The van der Waals surface area contributed by atoms with Crippen LogP contribution in [0.2, 0.25) is 0 Å². The fraction of sp³-hybridized carbons (Fsp3) is 0.0588. The standard InChI is InChI=1S/C17H13N3O2.ClH/c1-10-17(22)20-15-7-4-12(11-2-5-13(21)6-3-11)8-14(15)18-9-16(20)19-10;/h2-9,21-22H,1H3;1H. The van der Waals surface area contributed by atoms with Crippen molar-refractivity contribution in [3.05, 3.63) is 54.4 Å². The Kier molecular flexibility index (Phi) is 3.58. The van der Waals surface area contributed by atoms with Gasteiger partial charge in [0.2, 0.25) is 5.88 Å². The van der Waals surface area contributed by atoms with Gasteiger partial charge in [-0.05, 0) is 42.3 Å². The quantitative estimate of drug-likeness (QED) is 0.559. The highest BCUT2D eigenvalue weighted by Gasteiger charge is 2.11. The molecule has 0 fully saturated rings. The molecule has 6 heteroatoms. The van der Waals surface area contributed by atoms with E-state index >= 15 is 0 Å². The van der Waals surface area contributed by atoms with Gasteiger partial charge in [0.15, 0.2) is 5.65 Å². The van der Waals surface area contributed by atoms with Crippen LogP contribution in [0.5, 0.6) is 11.6 Å². The van der Waals surface area contributed by atoms with Crippen molar-refractivity contribution < 1.29 is 10.2 Å². The van der Waals surface area contributed by atoms with Gasteiger partial charge >= 0.3 is 0 Å². The predicted molar refractivity (Wildman–Crippen MR) is 91.2 cm³/mol. The highest BCUT2D eigenvalue weighted by Crippen LogP contribution is 2.28. The molecule has 2 heterocycles. The molecule has 0 saturated carbocycles. The van der Waals surface area contributed by atoms with Crippen LogP contribution in [0.1, 0.15) is 5.69 Å². The van der Waals surface area contributed by atoms with Crippen molar-refractivity contribution >= 4 is 29.1 Å². The van der Waals surface area contributed by atoms with E-state index in [4.69, 9.17) is 0 Å². The van der Waals surface area contributed by atoms with E-state index in [-0.39, 0.29) is 24.0 Å². The molecule has 116 valence electrons. The number of aromatic hydroxyl groups is 2. The van der Waals surface area contributed by atoms with Crippen molar-refractivity contribution in [1.82, 2.24) is 14.4 Å². The number of hydrogen-bond acceptors (Lipinski definition) is 4. The summed E-state index contributed by atoms with van der Waals surface area (Å²) in [5.74, 6) is 0.378. The fourth-order valence-corrected chi connectivity index (χ4v) is 2.64. The minimum atomic E-state index is 0. The molecule has 0 saturated heterocycles. The molecule has 0 spiro atoms. The molecule has 2 N–H and O–H groups in total. The van der Waals surface area contributed by atoms with Gasteiger partial charge in [0, 0.05) is 0 Å². The van der Waals surface area contributed by atoms with Crippen molar-refractivity contribution in [3.63, 3.8) is 0 Å². The summed E-state index contributed by atoms with van der Waals surface area (Å²) in [5, 5.41) is 19.5. The van der Waals surface area contributed by atoms with Crippen molar-refractivity contribution in [2.75, 3.05) is 0 Å². The Balaban J connectivity index is 0.00000156. The van der Waals surface area contributed by atoms with Crippen LogP contribution in [0.3, 0.4) is 0 Å². The Labute approximate surface area is 138 Å². The van der Waals surface area contributed by atoms with Gasteiger partial charge < -0.3 is 10.2 Å². The maximum absolute atomic E-state index is 10.2. The molecule has 0 radical (unpaired) electrons. The number of imidazole rings is 1. The normalized spacial score (nSPS) is 10.8.